The van der Waals surface area contributed by atoms with Crippen molar-refractivity contribution in [3.63, 3.8) is 0 Å². The van der Waals surface area contributed by atoms with Crippen molar-refractivity contribution in [3.8, 4) is 11.5 Å². The van der Waals surface area contributed by atoms with E-state index in [1.165, 1.54) is 12.1 Å². The third kappa shape index (κ3) is 2.97. The van der Waals surface area contributed by atoms with Crippen LogP contribution in [0.4, 0.5) is 13.2 Å². The summed E-state index contributed by atoms with van der Waals surface area (Å²) < 4.78 is 43.0. The van der Waals surface area contributed by atoms with Gasteiger partial charge in [0.05, 0.1) is 11.1 Å². The van der Waals surface area contributed by atoms with Crippen LogP contribution in [-0.2, 0) is 6.18 Å². The summed E-state index contributed by atoms with van der Waals surface area (Å²) in [4.78, 5) is 4.19. The largest absolute Gasteiger partial charge is 0.457 e. The molecular formula is C16H10F3NO. The van der Waals surface area contributed by atoms with Crippen molar-refractivity contribution >= 4 is 10.9 Å². The molecule has 0 aliphatic carbocycles. The molecular weight excluding hydrogens is 279 g/mol. The molecule has 3 aromatic rings. The molecule has 0 atom stereocenters. The summed E-state index contributed by atoms with van der Waals surface area (Å²) >= 11 is 0. The third-order valence-electron chi connectivity index (χ3n) is 2.99. The minimum atomic E-state index is -4.34. The molecule has 0 saturated carbocycles. The Hall–Kier alpha value is -2.56. The highest BCUT2D eigenvalue weighted by Gasteiger charge is 2.30. The summed E-state index contributed by atoms with van der Waals surface area (Å²) in [6.45, 7) is 0. The lowest BCUT2D eigenvalue weighted by Crippen LogP contribution is -2.03. The maximum atomic E-state index is 12.5. The second kappa shape index (κ2) is 5.09. The summed E-state index contributed by atoms with van der Waals surface area (Å²) in [6.07, 6.45) is -2.65. The first-order valence-electron chi connectivity index (χ1n) is 6.22. The first-order chi connectivity index (χ1) is 10.0. The highest BCUT2D eigenvalue weighted by Crippen LogP contribution is 2.31. The van der Waals surface area contributed by atoms with Crippen LogP contribution in [0.15, 0.2) is 60.8 Å². The zero-order valence-corrected chi connectivity index (χ0v) is 10.8. The molecule has 2 nitrogen and oxygen atoms in total. The van der Waals surface area contributed by atoms with Gasteiger partial charge < -0.3 is 4.74 Å². The van der Waals surface area contributed by atoms with Crippen LogP contribution in [0.3, 0.4) is 0 Å². The van der Waals surface area contributed by atoms with Crippen molar-refractivity contribution in [1.29, 1.82) is 0 Å². The number of benzene rings is 2. The van der Waals surface area contributed by atoms with Crippen molar-refractivity contribution in [3.05, 3.63) is 66.4 Å². The summed E-state index contributed by atoms with van der Waals surface area (Å²) in [7, 11) is 0. The molecule has 2 aromatic carbocycles. The van der Waals surface area contributed by atoms with Crippen LogP contribution >= 0.6 is 0 Å². The van der Waals surface area contributed by atoms with Gasteiger partial charge >= 0.3 is 6.18 Å². The summed E-state index contributed by atoms with van der Waals surface area (Å²) in [5.74, 6) is 0.904. The molecule has 1 aromatic heterocycles. The van der Waals surface area contributed by atoms with Crippen LogP contribution in [0.2, 0.25) is 0 Å². The van der Waals surface area contributed by atoms with Gasteiger partial charge in [0.1, 0.15) is 11.5 Å². The van der Waals surface area contributed by atoms with E-state index in [0.717, 1.165) is 23.0 Å². The lowest BCUT2D eigenvalue weighted by atomic mass is 10.2. The number of hydrogen-bond donors (Lipinski definition) is 0. The number of hydrogen-bond acceptors (Lipinski definition) is 2. The molecule has 0 aliphatic heterocycles. The SMILES string of the molecule is FC(F)(F)c1ccc(Oc2ccc3ncccc3c2)cc1. The van der Waals surface area contributed by atoms with Gasteiger partial charge in [0, 0.05) is 11.6 Å². The highest BCUT2D eigenvalue weighted by atomic mass is 19.4. The Morgan fingerprint density at radius 3 is 2.29 bits per heavy atom. The number of aromatic nitrogens is 1. The van der Waals surface area contributed by atoms with Crippen LogP contribution < -0.4 is 4.74 Å². The van der Waals surface area contributed by atoms with E-state index < -0.39 is 11.7 Å². The van der Waals surface area contributed by atoms with Crippen molar-refractivity contribution in [1.82, 2.24) is 4.98 Å². The fraction of sp³-hybridized carbons (Fsp3) is 0.0625. The number of halogens is 3. The highest BCUT2D eigenvalue weighted by molar-refractivity contribution is 5.79. The zero-order chi connectivity index (χ0) is 14.9. The lowest BCUT2D eigenvalue weighted by Gasteiger charge is -2.09. The predicted octanol–water partition coefficient (Wildman–Crippen LogP) is 5.05. The molecule has 21 heavy (non-hydrogen) atoms. The Balaban J connectivity index is 1.84. The number of ether oxygens (including phenoxy) is 1. The zero-order valence-electron chi connectivity index (χ0n) is 10.8. The van der Waals surface area contributed by atoms with Crippen LogP contribution in [0.25, 0.3) is 10.9 Å². The van der Waals surface area contributed by atoms with E-state index in [4.69, 9.17) is 4.74 Å². The third-order valence-corrected chi connectivity index (χ3v) is 2.99. The summed E-state index contributed by atoms with van der Waals surface area (Å²) in [6, 6.07) is 13.6. The second-order valence-corrected chi connectivity index (χ2v) is 4.48. The van der Waals surface area contributed by atoms with Gasteiger partial charge in [-0.25, -0.2) is 0 Å². The molecule has 0 unspecified atom stereocenters. The Bertz CT molecular complexity index is 766. The average molecular weight is 289 g/mol. The number of nitrogens with zero attached hydrogens (tertiary/aromatic N) is 1. The van der Waals surface area contributed by atoms with E-state index in [2.05, 4.69) is 4.98 Å². The molecule has 0 spiro atoms. The Morgan fingerprint density at radius 1 is 0.857 bits per heavy atom. The first kappa shape index (κ1) is 13.4. The van der Waals surface area contributed by atoms with Gasteiger partial charge in [-0.05, 0) is 48.5 Å². The second-order valence-electron chi connectivity index (χ2n) is 4.48. The minimum absolute atomic E-state index is 0.353. The Labute approximate surface area is 118 Å². The number of fused-ring (bicyclic) bond motifs is 1. The normalized spacial score (nSPS) is 11.6. The fourth-order valence-electron chi connectivity index (χ4n) is 1.97. The summed E-state index contributed by atoms with van der Waals surface area (Å²) in [5, 5.41) is 0.905. The molecule has 0 amide bonds. The van der Waals surface area contributed by atoms with Gasteiger partial charge in [-0.3, -0.25) is 4.98 Å². The molecule has 0 saturated heterocycles. The van der Waals surface area contributed by atoms with Crippen LogP contribution in [0, 0.1) is 0 Å². The molecule has 106 valence electrons. The number of alkyl halides is 3. The van der Waals surface area contributed by atoms with E-state index in [-0.39, 0.29) is 0 Å². The van der Waals surface area contributed by atoms with Crippen LogP contribution in [-0.4, -0.2) is 4.98 Å². The monoisotopic (exact) mass is 289 g/mol. The molecule has 0 radical (unpaired) electrons. The molecule has 0 N–H and O–H groups in total. The summed E-state index contributed by atoms with van der Waals surface area (Å²) in [5.41, 5.74) is 0.134. The van der Waals surface area contributed by atoms with E-state index in [1.54, 1.807) is 24.4 Å². The number of rotatable bonds is 2. The maximum Gasteiger partial charge on any atom is 0.416 e. The van der Waals surface area contributed by atoms with E-state index >= 15 is 0 Å². The van der Waals surface area contributed by atoms with E-state index in [9.17, 15) is 13.2 Å². The van der Waals surface area contributed by atoms with Crippen LogP contribution in [0.1, 0.15) is 5.56 Å². The van der Waals surface area contributed by atoms with Gasteiger partial charge in [0.25, 0.3) is 0 Å². The Morgan fingerprint density at radius 2 is 1.57 bits per heavy atom. The topological polar surface area (TPSA) is 22.1 Å². The average Bonchev–Trinajstić information content (AvgIpc) is 2.47. The molecule has 3 rings (SSSR count). The van der Waals surface area contributed by atoms with Gasteiger partial charge in [-0.15, -0.1) is 0 Å². The van der Waals surface area contributed by atoms with Crippen molar-refractivity contribution < 1.29 is 17.9 Å². The van der Waals surface area contributed by atoms with Gasteiger partial charge in [-0.1, -0.05) is 6.07 Å². The molecule has 5 heteroatoms. The standard InChI is InChI=1S/C16H10F3NO/c17-16(18,19)12-3-5-13(6-4-12)21-14-7-8-15-11(10-14)2-1-9-20-15/h1-10H. The fourth-order valence-corrected chi connectivity index (χ4v) is 1.97. The van der Waals surface area contributed by atoms with E-state index in [0.29, 0.717) is 11.5 Å². The molecule has 0 bridgehead atoms. The molecule has 1 heterocycles. The van der Waals surface area contributed by atoms with Crippen molar-refractivity contribution in [2.75, 3.05) is 0 Å². The maximum absolute atomic E-state index is 12.5. The smallest absolute Gasteiger partial charge is 0.416 e. The first-order valence-corrected chi connectivity index (χ1v) is 6.22. The van der Waals surface area contributed by atoms with Gasteiger partial charge in [-0.2, -0.15) is 13.2 Å². The van der Waals surface area contributed by atoms with Gasteiger partial charge in [0.2, 0.25) is 0 Å². The predicted molar refractivity (Wildman–Crippen MR) is 73.3 cm³/mol. The van der Waals surface area contributed by atoms with Crippen molar-refractivity contribution in [2.24, 2.45) is 0 Å². The minimum Gasteiger partial charge on any atom is -0.457 e. The Kier molecular flexibility index (Phi) is 3.25. The quantitative estimate of drug-likeness (QED) is 0.659. The lowest BCUT2D eigenvalue weighted by molar-refractivity contribution is -0.137. The van der Waals surface area contributed by atoms with Gasteiger partial charge in [0.15, 0.2) is 0 Å². The van der Waals surface area contributed by atoms with Crippen molar-refractivity contribution in [2.45, 2.75) is 6.18 Å². The molecule has 0 fully saturated rings. The van der Waals surface area contributed by atoms with E-state index in [1.807, 2.05) is 12.1 Å². The van der Waals surface area contributed by atoms with Crippen LogP contribution in [0.5, 0.6) is 11.5 Å². The molecule has 0 aliphatic rings. The number of pyridine rings is 1.